The van der Waals surface area contributed by atoms with Crippen LogP contribution in [0.3, 0.4) is 0 Å². The smallest absolute Gasteiger partial charge is 0.253 e. The lowest BCUT2D eigenvalue weighted by Crippen LogP contribution is -2.46. The van der Waals surface area contributed by atoms with Gasteiger partial charge < -0.3 is 15.5 Å². The first-order chi connectivity index (χ1) is 10.4. The van der Waals surface area contributed by atoms with Gasteiger partial charge in [0, 0.05) is 43.7 Å². The molecule has 23 heavy (non-hydrogen) atoms. The highest BCUT2D eigenvalue weighted by Crippen LogP contribution is 2.13. The van der Waals surface area contributed by atoms with E-state index in [0.717, 1.165) is 31.7 Å². The minimum Gasteiger partial charge on any atom is -0.352 e. The largest absolute Gasteiger partial charge is 0.352 e. The van der Waals surface area contributed by atoms with Crippen LogP contribution < -0.4 is 10.6 Å². The van der Waals surface area contributed by atoms with E-state index in [1.54, 1.807) is 0 Å². The number of hydrogen-bond donors (Lipinski definition) is 2. The standard InChI is InChI=1S/C17H25N3O2.ClH/c1-17(2,3)16(22)19-12-13-4-6-14(7-5-13)15(21)20-10-8-18-9-11-20;/h4-7,18H,8-12H2,1-3H3,(H,19,22);1H. The molecule has 2 rings (SSSR count). The van der Waals surface area contributed by atoms with E-state index in [1.807, 2.05) is 49.9 Å². The molecular formula is C17H26ClN3O2. The van der Waals surface area contributed by atoms with Gasteiger partial charge in [-0.2, -0.15) is 0 Å². The van der Waals surface area contributed by atoms with Crippen LogP contribution >= 0.6 is 12.4 Å². The zero-order chi connectivity index (χ0) is 16.2. The Balaban J connectivity index is 0.00000264. The van der Waals surface area contributed by atoms with Crippen molar-refractivity contribution in [3.05, 3.63) is 35.4 Å². The van der Waals surface area contributed by atoms with Gasteiger partial charge in [-0.1, -0.05) is 32.9 Å². The van der Waals surface area contributed by atoms with Crippen LogP contribution in [0.5, 0.6) is 0 Å². The molecule has 0 atom stereocenters. The molecule has 0 bridgehead atoms. The van der Waals surface area contributed by atoms with Crippen molar-refractivity contribution >= 4 is 24.2 Å². The maximum absolute atomic E-state index is 12.3. The molecule has 6 heteroatoms. The van der Waals surface area contributed by atoms with Crippen molar-refractivity contribution < 1.29 is 9.59 Å². The monoisotopic (exact) mass is 339 g/mol. The van der Waals surface area contributed by atoms with E-state index in [2.05, 4.69) is 10.6 Å². The summed E-state index contributed by atoms with van der Waals surface area (Å²) in [4.78, 5) is 26.0. The third-order valence-electron chi connectivity index (χ3n) is 3.74. The summed E-state index contributed by atoms with van der Waals surface area (Å²) in [6, 6.07) is 7.47. The fourth-order valence-electron chi connectivity index (χ4n) is 2.26. The summed E-state index contributed by atoms with van der Waals surface area (Å²) in [5, 5.41) is 6.14. The van der Waals surface area contributed by atoms with Crippen molar-refractivity contribution in [2.75, 3.05) is 26.2 Å². The molecule has 1 heterocycles. The molecule has 1 fully saturated rings. The number of hydrogen-bond acceptors (Lipinski definition) is 3. The Kier molecular flexibility index (Phi) is 7.03. The van der Waals surface area contributed by atoms with E-state index in [-0.39, 0.29) is 24.2 Å². The number of benzene rings is 1. The Bertz CT molecular complexity index is 532. The Morgan fingerprint density at radius 3 is 2.22 bits per heavy atom. The molecule has 0 aromatic heterocycles. The maximum Gasteiger partial charge on any atom is 0.253 e. The molecule has 0 spiro atoms. The van der Waals surface area contributed by atoms with Gasteiger partial charge in [0.05, 0.1) is 0 Å². The highest BCUT2D eigenvalue weighted by molar-refractivity contribution is 5.94. The average Bonchev–Trinajstić information content (AvgIpc) is 2.52. The summed E-state index contributed by atoms with van der Waals surface area (Å²) >= 11 is 0. The summed E-state index contributed by atoms with van der Waals surface area (Å²) < 4.78 is 0. The number of halogens is 1. The van der Waals surface area contributed by atoms with E-state index in [0.29, 0.717) is 12.1 Å². The van der Waals surface area contributed by atoms with Crippen molar-refractivity contribution in [2.24, 2.45) is 5.41 Å². The minimum absolute atomic E-state index is 0. The Morgan fingerprint density at radius 2 is 1.70 bits per heavy atom. The summed E-state index contributed by atoms with van der Waals surface area (Å²) in [6.07, 6.45) is 0. The van der Waals surface area contributed by atoms with Crippen molar-refractivity contribution in [1.82, 2.24) is 15.5 Å². The number of rotatable bonds is 3. The van der Waals surface area contributed by atoms with Crippen molar-refractivity contribution in [3.8, 4) is 0 Å². The molecule has 2 amide bonds. The van der Waals surface area contributed by atoms with E-state index in [9.17, 15) is 9.59 Å². The molecule has 0 radical (unpaired) electrons. The van der Waals surface area contributed by atoms with Gasteiger partial charge in [-0.15, -0.1) is 12.4 Å². The number of carbonyl (C=O) groups excluding carboxylic acids is 2. The second-order valence-corrected chi connectivity index (χ2v) is 6.67. The molecule has 1 aromatic carbocycles. The van der Waals surface area contributed by atoms with Crippen molar-refractivity contribution in [3.63, 3.8) is 0 Å². The van der Waals surface area contributed by atoms with Crippen LogP contribution in [0, 0.1) is 5.41 Å². The summed E-state index contributed by atoms with van der Waals surface area (Å²) in [7, 11) is 0. The Hall–Kier alpha value is -1.59. The van der Waals surface area contributed by atoms with E-state index in [1.165, 1.54) is 0 Å². The van der Waals surface area contributed by atoms with E-state index >= 15 is 0 Å². The quantitative estimate of drug-likeness (QED) is 0.883. The topological polar surface area (TPSA) is 61.4 Å². The molecule has 5 nitrogen and oxygen atoms in total. The number of nitrogens with zero attached hydrogens (tertiary/aromatic N) is 1. The Labute approximate surface area is 144 Å². The molecule has 1 aliphatic heterocycles. The lowest BCUT2D eigenvalue weighted by molar-refractivity contribution is -0.128. The van der Waals surface area contributed by atoms with Gasteiger partial charge >= 0.3 is 0 Å². The van der Waals surface area contributed by atoms with Gasteiger partial charge in [0.15, 0.2) is 0 Å². The zero-order valence-corrected chi connectivity index (χ0v) is 14.8. The predicted molar refractivity (Wildman–Crippen MR) is 93.8 cm³/mol. The van der Waals surface area contributed by atoms with Gasteiger partial charge in [0.25, 0.3) is 5.91 Å². The SMILES string of the molecule is CC(C)(C)C(=O)NCc1ccc(C(=O)N2CCNCC2)cc1.Cl. The normalized spacial score (nSPS) is 14.8. The molecule has 1 saturated heterocycles. The van der Waals surface area contributed by atoms with Gasteiger partial charge in [-0.25, -0.2) is 0 Å². The van der Waals surface area contributed by atoms with Crippen molar-refractivity contribution in [1.29, 1.82) is 0 Å². The van der Waals surface area contributed by atoms with Gasteiger partial charge in [0.2, 0.25) is 5.91 Å². The average molecular weight is 340 g/mol. The number of nitrogens with one attached hydrogen (secondary N) is 2. The molecule has 2 N–H and O–H groups in total. The van der Waals surface area contributed by atoms with Crippen LogP contribution in [0.15, 0.2) is 24.3 Å². The van der Waals surface area contributed by atoms with Crippen LogP contribution in [0.25, 0.3) is 0 Å². The third-order valence-corrected chi connectivity index (χ3v) is 3.74. The molecule has 1 aromatic rings. The molecule has 0 saturated carbocycles. The fraction of sp³-hybridized carbons (Fsp3) is 0.529. The first-order valence-corrected chi connectivity index (χ1v) is 7.75. The molecule has 1 aliphatic rings. The fourth-order valence-corrected chi connectivity index (χ4v) is 2.26. The Morgan fingerprint density at radius 1 is 1.13 bits per heavy atom. The van der Waals surface area contributed by atoms with Crippen LogP contribution in [0.1, 0.15) is 36.7 Å². The number of amides is 2. The van der Waals surface area contributed by atoms with Gasteiger partial charge in [0.1, 0.15) is 0 Å². The summed E-state index contributed by atoms with van der Waals surface area (Å²) in [6.45, 7) is 9.35. The van der Waals surface area contributed by atoms with E-state index < -0.39 is 5.41 Å². The van der Waals surface area contributed by atoms with Crippen molar-refractivity contribution in [2.45, 2.75) is 27.3 Å². The van der Waals surface area contributed by atoms with Crippen LogP contribution in [0.2, 0.25) is 0 Å². The van der Waals surface area contributed by atoms with E-state index in [4.69, 9.17) is 0 Å². The second kappa shape index (κ2) is 8.31. The summed E-state index contributed by atoms with van der Waals surface area (Å²) in [5.74, 6) is 0.0975. The summed E-state index contributed by atoms with van der Waals surface area (Å²) in [5.41, 5.74) is 1.31. The second-order valence-electron chi connectivity index (χ2n) is 6.67. The van der Waals surface area contributed by atoms with Crippen LogP contribution in [-0.4, -0.2) is 42.9 Å². The van der Waals surface area contributed by atoms with Gasteiger partial charge in [-0.05, 0) is 17.7 Å². The highest BCUT2D eigenvalue weighted by Gasteiger charge is 2.21. The maximum atomic E-state index is 12.3. The molecular weight excluding hydrogens is 314 g/mol. The number of piperazine rings is 1. The lowest BCUT2D eigenvalue weighted by atomic mass is 9.95. The van der Waals surface area contributed by atoms with Gasteiger partial charge in [-0.3, -0.25) is 9.59 Å². The van der Waals surface area contributed by atoms with Crippen LogP contribution in [0.4, 0.5) is 0 Å². The lowest BCUT2D eigenvalue weighted by Gasteiger charge is -2.27. The zero-order valence-electron chi connectivity index (χ0n) is 14.0. The molecule has 0 aliphatic carbocycles. The number of carbonyl (C=O) groups is 2. The third kappa shape index (κ3) is 5.52. The predicted octanol–water partition coefficient (Wildman–Crippen LogP) is 1.82. The molecule has 0 unspecified atom stereocenters. The first-order valence-electron chi connectivity index (χ1n) is 7.75. The molecule has 128 valence electrons. The first kappa shape index (κ1) is 19.5. The highest BCUT2D eigenvalue weighted by atomic mass is 35.5. The van der Waals surface area contributed by atoms with Crippen LogP contribution in [-0.2, 0) is 11.3 Å². The minimum atomic E-state index is -0.391.